The molecule has 0 fully saturated rings. The summed E-state index contributed by atoms with van der Waals surface area (Å²) >= 11 is 0. The summed E-state index contributed by atoms with van der Waals surface area (Å²) in [6.45, 7) is 1.75. The third kappa shape index (κ3) is 2.31. The van der Waals surface area contributed by atoms with E-state index in [0.717, 1.165) is 5.70 Å². The van der Waals surface area contributed by atoms with Crippen LogP contribution in [-0.2, 0) is 9.05 Å². The molecule has 0 amide bonds. The fourth-order valence-corrected chi connectivity index (χ4v) is 1.83. The van der Waals surface area contributed by atoms with Crippen molar-refractivity contribution in [3.8, 4) is 0 Å². The SMILES string of the molecule is CC1=CCCC(S(=O)(=O)Cl)=N1. The third-order valence-electron chi connectivity index (χ3n) is 1.38. The monoisotopic (exact) mass is 193 g/mol. The van der Waals surface area contributed by atoms with Gasteiger partial charge in [0.05, 0.1) is 0 Å². The van der Waals surface area contributed by atoms with Crippen LogP contribution in [0.4, 0.5) is 0 Å². The van der Waals surface area contributed by atoms with Crippen molar-refractivity contribution in [3.63, 3.8) is 0 Å². The molecule has 62 valence electrons. The van der Waals surface area contributed by atoms with E-state index in [4.69, 9.17) is 10.7 Å². The first kappa shape index (κ1) is 8.74. The van der Waals surface area contributed by atoms with Crippen molar-refractivity contribution in [1.82, 2.24) is 0 Å². The number of nitrogens with zero attached hydrogens (tertiary/aromatic N) is 1. The Morgan fingerprint density at radius 3 is 2.64 bits per heavy atom. The summed E-state index contributed by atoms with van der Waals surface area (Å²) in [6, 6.07) is 0. The summed E-state index contributed by atoms with van der Waals surface area (Å²) in [5.74, 6) is 0. The molecule has 11 heavy (non-hydrogen) atoms. The minimum Gasteiger partial charge on any atom is -0.245 e. The van der Waals surface area contributed by atoms with Crippen molar-refractivity contribution < 1.29 is 8.42 Å². The summed E-state index contributed by atoms with van der Waals surface area (Å²) in [5.41, 5.74) is 0.718. The largest absolute Gasteiger partial charge is 0.274 e. The number of halogens is 1. The van der Waals surface area contributed by atoms with Crippen molar-refractivity contribution >= 4 is 24.8 Å². The highest BCUT2D eigenvalue weighted by Crippen LogP contribution is 2.15. The van der Waals surface area contributed by atoms with E-state index in [-0.39, 0.29) is 5.04 Å². The Morgan fingerprint density at radius 2 is 2.27 bits per heavy atom. The lowest BCUT2D eigenvalue weighted by Crippen LogP contribution is -2.10. The summed E-state index contributed by atoms with van der Waals surface area (Å²) in [7, 11) is 1.51. The lowest BCUT2D eigenvalue weighted by atomic mass is 10.2. The second-order valence-electron chi connectivity index (χ2n) is 2.33. The lowest BCUT2D eigenvalue weighted by Gasteiger charge is -2.06. The number of hydrogen-bond acceptors (Lipinski definition) is 3. The maximum Gasteiger partial charge on any atom is 0.274 e. The molecule has 3 nitrogen and oxygen atoms in total. The topological polar surface area (TPSA) is 46.5 Å². The number of aliphatic imine (C=N–C) groups is 1. The molecule has 0 unspecified atom stereocenters. The quantitative estimate of drug-likeness (QED) is 0.550. The minimum absolute atomic E-state index is 0.0826. The summed E-state index contributed by atoms with van der Waals surface area (Å²) in [5, 5.41) is 0.0826. The number of hydrogen-bond donors (Lipinski definition) is 0. The highest BCUT2D eigenvalue weighted by Gasteiger charge is 2.17. The van der Waals surface area contributed by atoms with Gasteiger partial charge in [-0.15, -0.1) is 0 Å². The zero-order valence-electron chi connectivity index (χ0n) is 6.04. The molecule has 0 saturated heterocycles. The maximum absolute atomic E-state index is 10.7. The van der Waals surface area contributed by atoms with Crippen molar-refractivity contribution in [1.29, 1.82) is 0 Å². The molecule has 0 aromatic carbocycles. The fourth-order valence-electron chi connectivity index (χ4n) is 0.879. The van der Waals surface area contributed by atoms with Gasteiger partial charge in [0.15, 0.2) is 0 Å². The van der Waals surface area contributed by atoms with Gasteiger partial charge in [-0.1, -0.05) is 6.08 Å². The van der Waals surface area contributed by atoms with Crippen LogP contribution in [0.25, 0.3) is 0 Å². The van der Waals surface area contributed by atoms with E-state index >= 15 is 0 Å². The average molecular weight is 194 g/mol. The molecule has 0 atom stereocenters. The molecule has 0 N–H and O–H groups in total. The molecule has 0 radical (unpaired) electrons. The molecule has 0 bridgehead atoms. The Bertz CT molecular complexity index is 315. The molecule has 0 spiro atoms. The van der Waals surface area contributed by atoms with Crippen LogP contribution in [0.2, 0.25) is 0 Å². The highest BCUT2D eigenvalue weighted by molar-refractivity contribution is 8.25. The van der Waals surface area contributed by atoms with E-state index in [1.54, 1.807) is 6.92 Å². The summed E-state index contributed by atoms with van der Waals surface area (Å²) in [6.07, 6.45) is 3.01. The average Bonchev–Trinajstić information content (AvgIpc) is 1.86. The van der Waals surface area contributed by atoms with Crippen LogP contribution in [0.15, 0.2) is 16.8 Å². The molecule has 1 aliphatic rings. The minimum atomic E-state index is -3.58. The molecule has 1 heterocycles. The Balaban J connectivity index is 3.00. The predicted molar refractivity (Wildman–Crippen MR) is 45.2 cm³/mol. The molecule has 0 aliphatic carbocycles. The van der Waals surface area contributed by atoms with Crippen LogP contribution in [0.1, 0.15) is 19.8 Å². The zero-order chi connectivity index (χ0) is 8.48. The molecular weight excluding hydrogens is 186 g/mol. The fraction of sp³-hybridized carbons (Fsp3) is 0.500. The maximum atomic E-state index is 10.7. The van der Waals surface area contributed by atoms with E-state index in [1.165, 1.54) is 0 Å². The van der Waals surface area contributed by atoms with Crippen molar-refractivity contribution in [2.45, 2.75) is 19.8 Å². The van der Waals surface area contributed by atoms with Gasteiger partial charge in [-0.3, -0.25) is 0 Å². The normalized spacial score (nSPS) is 19.1. The molecule has 0 aromatic heterocycles. The number of rotatable bonds is 0. The van der Waals surface area contributed by atoms with Gasteiger partial charge in [0, 0.05) is 22.8 Å². The molecule has 0 saturated carbocycles. The highest BCUT2D eigenvalue weighted by atomic mass is 35.7. The van der Waals surface area contributed by atoms with Gasteiger partial charge in [-0.25, -0.2) is 13.4 Å². The smallest absolute Gasteiger partial charge is 0.245 e. The van der Waals surface area contributed by atoms with Crippen LogP contribution in [0.5, 0.6) is 0 Å². The number of allylic oxidation sites excluding steroid dienone is 2. The van der Waals surface area contributed by atoms with E-state index in [2.05, 4.69) is 4.99 Å². The van der Waals surface area contributed by atoms with Gasteiger partial charge in [-0.2, -0.15) is 0 Å². The summed E-state index contributed by atoms with van der Waals surface area (Å²) in [4.78, 5) is 3.81. The molecular formula is C6H8ClNO2S. The Hall–Kier alpha value is -0.350. The molecule has 0 aromatic rings. The van der Waals surface area contributed by atoms with Crippen LogP contribution >= 0.6 is 10.7 Å². The Morgan fingerprint density at radius 1 is 1.64 bits per heavy atom. The Labute approximate surface area is 70.2 Å². The van der Waals surface area contributed by atoms with Crippen molar-refractivity contribution in [2.24, 2.45) is 4.99 Å². The first-order valence-corrected chi connectivity index (χ1v) is 5.50. The first-order chi connectivity index (χ1) is 5.00. The zero-order valence-corrected chi connectivity index (χ0v) is 7.61. The van der Waals surface area contributed by atoms with Gasteiger partial charge in [0.2, 0.25) is 0 Å². The van der Waals surface area contributed by atoms with Gasteiger partial charge in [0.25, 0.3) is 9.05 Å². The van der Waals surface area contributed by atoms with Gasteiger partial charge < -0.3 is 0 Å². The second-order valence-corrected chi connectivity index (χ2v) is 4.89. The molecule has 1 aliphatic heterocycles. The Kier molecular flexibility index (Phi) is 2.34. The van der Waals surface area contributed by atoms with E-state index < -0.39 is 9.05 Å². The second kappa shape index (κ2) is 2.95. The predicted octanol–water partition coefficient (Wildman–Crippen LogP) is 1.65. The lowest BCUT2D eigenvalue weighted by molar-refractivity contribution is 0.618. The van der Waals surface area contributed by atoms with Gasteiger partial charge >= 0.3 is 0 Å². The van der Waals surface area contributed by atoms with Crippen LogP contribution < -0.4 is 0 Å². The first-order valence-electron chi connectivity index (χ1n) is 3.19. The molecule has 5 heteroatoms. The summed E-state index contributed by atoms with van der Waals surface area (Å²) < 4.78 is 21.5. The van der Waals surface area contributed by atoms with E-state index in [0.29, 0.717) is 12.8 Å². The molecule has 1 rings (SSSR count). The van der Waals surface area contributed by atoms with Crippen LogP contribution in [0.3, 0.4) is 0 Å². The standard InChI is InChI=1S/C6H8ClNO2S/c1-5-3-2-4-6(8-5)11(7,9)10/h3H,2,4H2,1H3. The van der Waals surface area contributed by atoms with Gasteiger partial charge in [-0.05, 0) is 13.3 Å². The van der Waals surface area contributed by atoms with E-state index in [9.17, 15) is 8.42 Å². The van der Waals surface area contributed by atoms with E-state index in [1.807, 2.05) is 6.08 Å². The van der Waals surface area contributed by atoms with Crippen molar-refractivity contribution in [2.75, 3.05) is 0 Å². The van der Waals surface area contributed by atoms with Crippen molar-refractivity contribution in [3.05, 3.63) is 11.8 Å². The van der Waals surface area contributed by atoms with Gasteiger partial charge in [0.1, 0.15) is 5.04 Å². The van der Waals surface area contributed by atoms with Crippen LogP contribution in [0, 0.1) is 0 Å². The third-order valence-corrected chi connectivity index (χ3v) is 2.77. The van der Waals surface area contributed by atoms with Crippen LogP contribution in [-0.4, -0.2) is 13.5 Å².